The van der Waals surface area contributed by atoms with Crippen molar-refractivity contribution in [2.24, 2.45) is 0 Å². The second kappa shape index (κ2) is 9.49. The van der Waals surface area contributed by atoms with Gasteiger partial charge in [0.05, 0.1) is 18.7 Å². The fraction of sp³-hybridized carbons (Fsp3) is 0.400. The molecule has 2 aromatic heterocycles. The lowest BCUT2D eigenvalue weighted by atomic mass is 10.0. The third-order valence-electron chi connectivity index (χ3n) is 4.68. The number of fused-ring (bicyclic) bond motifs is 1. The second-order valence-electron chi connectivity index (χ2n) is 6.74. The molecule has 1 unspecified atom stereocenters. The van der Waals surface area contributed by atoms with E-state index >= 15 is 0 Å². The van der Waals surface area contributed by atoms with Crippen LogP contribution in [-0.2, 0) is 22.5 Å². The van der Waals surface area contributed by atoms with E-state index in [0.29, 0.717) is 30.1 Å². The SMILES string of the molecule is CC(CC(=O)Nc1sc2c(c1C#N)CCN(C(=O)OCCO)C2)c1ccccn1. The van der Waals surface area contributed by atoms with Crippen LogP contribution in [0.3, 0.4) is 0 Å². The molecule has 9 heteroatoms. The van der Waals surface area contributed by atoms with Crippen molar-refractivity contribution in [3.8, 4) is 6.07 Å². The summed E-state index contributed by atoms with van der Waals surface area (Å²) < 4.78 is 4.96. The van der Waals surface area contributed by atoms with Crippen LogP contribution in [-0.4, -0.2) is 46.7 Å². The number of aromatic nitrogens is 1. The van der Waals surface area contributed by atoms with Crippen LogP contribution in [0, 0.1) is 11.3 Å². The second-order valence-corrected chi connectivity index (χ2v) is 7.84. The van der Waals surface area contributed by atoms with Crippen LogP contribution in [0.2, 0.25) is 0 Å². The Kier molecular flexibility index (Phi) is 6.80. The molecule has 0 radical (unpaired) electrons. The fourth-order valence-corrected chi connectivity index (χ4v) is 4.45. The first kappa shape index (κ1) is 20.8. The zero-order valence-electron chi connectivity index (χ0n) is 16.1. The van der Waals surface area contributed by atoms with Gasteiger partial charge in [0.2, 0.25) is 5.91 Å². The number of nitriles is 1. The predicted octanol–water partition coefficient (Wildman–Crippen LogP) is 2.63. The topological polar surface area (TPSA) is 116 Å². The van der Waals surface area contributed by atoms with E-state index in [9.17, 15) is 14.9 Å². The molecule has 3 rings (SSSR count). The molecule has 2 amide bonds. The number of carbonyl (C=O) groups is 2. The predicted molar refractivity (Wildman–Crippen MR) is 107 cm³/mol. The molecule has 152 valence electrons. The lowest BCUT2D eigenvalue weighted by molar-refractivity contribution is -0.116. The number of hydrogen-bond acceptors (Lipinski definition) is 7. The highest BCUT2D eigenvalue weighted by atomic mass is 32.1. The van der Waals surface area contributed by atoms with Gasteiger partial charge in [0.1, 0.15) is 17.7 Å². The number of amides is 2. The molecule has 0 aliphatic carbocycles. The normalized spacial score (nSPS) is 13.9. The highest BCUT2D eigenvalue weighted by molar-refractivity contribution is 7.16. The Hall–Kier alpha value is -2.96. The maximum Gasteiger partial charge on any atom is 0.410 e. The van der Waals surface area contributed by atoms with Crippen molar-refractivity contribution >= 4 is 28.3 Å². The minimum absolute atomic E-state index is 0.0480. The van der Waals surface area contributed by atoms with Gasteiger partial charge in [-0.1, -0.05) is 13.0 Å². The Morgan fingerprint density at radius 1 is 1.48 bits per heavy atom. The number of thiophene rings is 1. The molecule has 1 aliphatic heterocycles. The maximum absolute atomic E-state index is 12.5. The van der Waals surface area contributed by atoms with Crippen LogP contribution in [0.25, 0.3) is 0 Å². The molecule has 1 aliphatic rings. The minimum atomic E-state index is -0.494. The lowest BCUT2D eigenvalue weighted by Gasteiger charge is -2.26. The average Bonchev–Trinajstić information content (AvgIpc) is 3.08. The molecule has 0 aromatic carbocycles. The Labute approximate surface area is 172 Å². The number of pyridine rings is 1. The fourth-order valence-electron chi connectivity index (χ4n) is 3.22. The number of rotatable bonds is 6. The quantitative estimate of drug-likeness (QED) is 0.751. The van der Waals surface area contributed by atoms with E-state index in [2.05, 4.69) is 16.4 Å². The van der Waals surface area contributed by atoms with Gasteiger partial charge in [-0.25, -0.2) is 4.79 Å². The third kappa shape index (κ3) is 4.91. The van der Waals surface area contributed by atoms with Crippen molar-refractivity contribution in [2.75, 3.05) is 25.1 Å². The van der Waals surface area contributed by atoms with Crippen molar-refractivity contribution in [2.45, 2.75) is 32.2 Å². The zero-order chi connectivity index (χ0) is 20.8. The molecule has 8 nitrogen and oxygen atoms in total. The van der Waals surface area contributed by atoms with E-state index in [4.69, 9.17) is 9.84 Å². The van der Waals surface area contributed by atoms with Gasteiger partial charge in [-0.15, -0.1) is 11.3 Å². The number of anilines is 1. The molecule has 0 saturated carbocycles. The molecule has 1 atom stereocenters. The lowest BCUT2D eigenvalue weighted by Crippen LogP contribution is -2.36. The van der Waals surface area contributed by atoms with Crippen LogP contribution < -0.4 is 5.32 Å². The highest BCUT2D eigenvalue weighted by Gasteiger charge is 2.28. The summed E-state index contributed by atoms with van der Waals surface area (Å²) in [7, 11) is 0. The molecular weight excluding hydrogens is 392 g/mol. The Morgan fingerprint density at radius 3 is 3.00 bits per heavy atom. The summed E-state index contributed by atoms with van der Waals surface area (Å²) in [6.07, 6.45) is 1.97. The first-order valence-corrected chi connectivity index (χ1v) is 10.1. The van der Waals surface area contributed by atoms with Crippen LogP contribution in [0.1, 0.15) is 41.0 Å². The Balaban J connectivity index is 1.68. The molecule has 3 heterocycles. The van der Waals surface area contributed by atoms with Crippen molar-refractivity contribution in [3.63, 3.8) is 0 Å². The first-order chi connectivity index (χ1) is 14.0. The largest absolute Gasteiger partial charge is 0.447 e. The Bertz CT molecular complexity index is 923. The number of hydrogen-bond donors (Lipinski definition) is 2. The van der Waals surface area contributed by atoms with Crippen LogP contribution >= 0.6 is 11.3 Å². The van der Waals surface area contributed by atoms with Crippen LogP contribution in [0.5, 0.6) is 0 Å². The molecule has 0 bridgehead atoms. The van der Waals surface area contributed by atoms with E-state index in [0.717, 1.165) is 16.1 Å². The van der Waals surface area contributed by atoms with Crippen LogP contribution in [0.15, 0.2) is 24.4 Å². The van der Waals surface area contributed by atoms with E-state index in [-0.39, 0.29) is 31.5 Å². The van der Waals surface area contributed by atoms with Crippen molar-refractivity contribution in [1.29, 1.82) is 5.26 Å². The molecular formula is C20H22N4O4S. The van der Waals surface area contributed by atoms with Gasteiger partial charge in [0.25, 0.3) is 0 Å². The summed E-state index contributed by atoms with van der Waals surface area (Å²) in [5.74, 6) is -0.231. The van der Waals surface area contributed by atoms with Gasteiger partial charge in [-0.2, -0.15) is 5.26 Å². The van der Waals surface area contributed by atoms with Gasteiger partial charge in [-0.3, -0.25) is 9.78 Å². The molecule has 2 aromatic rings. The van der Waals surface area contributed by atoms with Crippen molar-refractivity contribution in [1.82, 2.24) is 9.88 Å². The van der Waals surface area contributed by atoms with Gasteiger partial charge >= 0.3 is 6.09 Å². The standard InChI is InChI=1S/C20H22N4O4S/c1-13(16-4-2-3-6-22-16)10-18(26)23-19-15(11-21)14-5-7-24(12-17(14)29-19)20(27)28-9-8-25/h2-4,6,13,25H,5,7-10,12H2,1H3,(H,23,26). The van der Waals surface area contributed by atoms with Crippen molar-refractivity contribution in [3.05, 3.63) is 46.1 Å². The Morgan fingerprint density at radius 2 is 2.31 bits per heavy atom. The molecule has 29 heavy (non-hydrogen) atoms. The summed E-state index contributed by atoms with van der Waals surface area (Å²) in [5, 5.41) is 21.8. The number of nitrogens with zero attached hydrogens (tertiary/aromatic N) is 3. The summed E-state index contributed by atoms with van der Waals surface area (Å²) in [6.45, 7) is 2.40. The van der Waals surface area contributed by atoms with Gasteiger partial charge in [-0.05, 0) is 24.1 Å². The van der Waals surface area contributed by atoms with Gasteiger partial charge < -0.3 is 20.1 Å². The number of ether oxygens (including phenoxy) is 1. The number of aliphatic hydroxyl groups is 1. The summed E-state index contributed by atoms with van der Waals surface area (Å²) >= 11 is 1.31. The molecule has 0 spiro atoms. The molecule has 0 saturated heterocycles. The summed E-state index contributed by atoms with van der Waals surface area (Å²) in [4.78, 5) is 31.2. The number of nitrogens with one attached hydrogen (secondary N) is 1. The third-order valence-corrected chi connectivity index (χ3v) is 5.81. The smallest absolute Gasteiger partial charge is 0.410 e. The molecule has 0 fully saturated rings. The minimum Gasteiger partial charge on any atom is -0.447 e. The van der Waals surface area contributed by atoms with E-state index in [1.165, 1.54) is 16.2 Å². The van der Waals surface area contributed by atoms with Crippen LogP contribution in [0.4, 0.5) is 9.80 Å². The van der Waals surface area contributed by atoms with Gasteiger partial charge in [0, 0.05) is 35.7 Å². The monoisotopic (exact) mass is 414 g/mol. The highest BCUT2D eigenvalue weighted by Crippen LogP contribution is 2.37. The zero-order valence-corrected chi connectivity index (χ0v) is 16.9. The van der Waals surface area contributed by atoms with E-state index in [1.807, 2.05) is 25.1 Å². The van der Waals surface area contributed by atoms with Gasteiger partial charge in [0.15, 0.2) is 0 Å². The molecule has 2 N–H and O–H groups in total. The summed E-state index contributed by atoms with van der Waals surface area (Å²) in [6, 6.07) is 7.78. The number of aliphatic hydroxyl groups excluding tert-OH is 1. The van der Waals surface area contributed by atoms with E-state index in [1.54, 1.807) is 6.20 Å². The van der Waals surface area contributed by atoms with E-state index < -0.39 is 6.09 Å². The average molecular weight is 414 g/mol. The van der Waals surface area contributed by atoms with Crippen molar-refractivity contribution < 1.29 is 19.4 Å². The maximum atomic E-state index is 12.5. The number of carbonyl (C=O) groups excluding carboxylic acids is 2. The first-order valence-electron chi connectivity index (χ1n) is 9.31. The summed E-state index contributed by atoms with van der Waals surface area (Å²) in [5.41, 5.74) is 2.18.